The second-order valence-electron chi connectivity index (χ2n) is 4.03. The van der Waals surface area contributed by atoms with Gasteiger partial charge in [0.2, 0.25) is 0 Å². The highest BCUT2D eigenvalue weighted by Crippen LogP contribution is 2.14. The largest absolute Gasteiger partial charge is 0.294 e. The highest BCUT2D eigenvalue weighted by molar-refractivity contribution is 5.98. The van der Waals surface area contributed by atoms with Gasteiger partial charge in [0.25, 0.3) is 0 Å². The second-order valence-corrected chi connectivity index (χ2v) is 4.03. The SMILES string of the molecule is Cc1ccncc1C(=O)Cc1ccc(F)cc1F. The molecule has 1 heterocycles. The number of carbonyl (C=O) groups excluding carboxylic acids is 1. The molecule has 2 rings (SSSR count). The number of pyridine rings is 1. The van der Waals surface area contributed by atoms with Crippen molar-refractivity contribution in [2.75, 3.05) is 0 Å². The van der Waals surface area contributed by atoms with Crippen molar-refractivity contribution in [2.24, 2.45) is 0 Å². The highest BCUT2D eigenvalue weighted by Gasteiger charge is 2.13. The number of benzene rings is 1. The molecule has 4 heteroatoms. The van der Waals surface area contributed by atoms with Gasteiger partial charge in [-0.3, -0.25) is 9.78 Å². The molecular weight excluding hydrogens is 236 g/mol. The summed E-state index contributed by atoms with van der Waals surface area (Å²) in [5.41, 5.74) is 1.43. The minimum Gasteiger partial charge on any atom is -0.294 e. The van der Waals surface area contributed by atoms with Crippen LogP contribution in [0, 0.1) is 18.6 Å². The Hall–Kier alpha value is -2.10. The Balaban J connectivity index is 2.24. The lowest BCUT2D eigenvalue weighted by atomic mass is 10.0. The Labute approximate surface area is 103 Å². The van der Waals surface area contributed by atoms with Crippen LogP contribution in [-0.4, -0.2) is 10.8 Å². The molecular formula is C14H11F2NO. The van der Waals surface area contributed by atoms with E-state index in [4.69, 9.17) is 0 Å². The molecule has 0 amide bonds. The molecule has 2 aromatic rings. The normalized spacial score (nSPS) is 10.4. The van der Waals surface area contributed by atoms with Crippen LogP contribution in [0.3, 0.4) is 0 Å². The first-order valence-electron chi connectivity index (χ1n) is 5.45. The zero-order chi connectivity index (χ0) is 13.1. The third-order valence-electron chi connectivity index (χ3n) is 2.71. The molecule has 0 aliphatic carbocycles. The summed E-state index contributed by atoms with van der Waals surface area (Å²) in [6.07, 6.45) is 2.95. The van der Waals surface area contributed by atoms with Crippen LogP contribution in [0.15, 0.2) is 36.7 Å². The van der Waals surface area contributed by atoms with Gasteiger partial charge in [-0.05, 0) is 30.2 Å². The molecule has 92 valence electrons. The van der Waals surface area contributed by atoms with E-state index in [0.29, 0.717) is 5.56 Å². The smallest absolute Gasteiger partial charge is 0.169 e. The van der Waals surface area contributed by atoms with Crippen molar-refractivity contribution in [1.82, 2.24) is 4.98 Å². The van der Waals surface area contributed by atoms with Crippen LogP contribution in [0.1, 0.15) is 21.5 Å². The second kappa shape index (κ2) is 5.04. The van der Waals surface area contributed by atoms with Gasteiger partial charge in [-0.25, -0.2) is 8.78 Å². The van der Waals surface area contributed by atoms with Crippen molar-refractivity contribution in [3.05, 3.63) is 65.0 Å². The minimum atomic E-state index is -0.704. The molecule has 18 heavy (non-hydrogen) atoms. The third kappa shape index (κ3) is 2.59. The number of hydrogen-bond acceptors (Lipinski definition) is 2. The van der Waals surface area contributed by atoms with Gasteiger partial charge in [-0.2, -0.15) is 0 Å². The molecule has 0 saturated carbocycles. The molecule has 0 atom stereocenters. The first-order chi connectivity index (χ1) is 8.58. The molecule has 0 spiro atoms. The number of Topliss-reactive ketones (excluding diaryl/α,β-unsaturated/α-hetero) is 1. The minimum absolute atomic E-state index is 0.0986. The lowest BCUT2D eigenvalue weighted by molar-refractivity contribution is 0.0991. The summed E-state index contributed by atoms with van der Waals surface area (Å²) in [4.78, 5) is 15.8. The van der Waals surface area contributed by atoms with Gasteiger partial charge in [-0.15, -0.1) is 0 Å². The van der Waals surface area contributed by atoms with Crippen molar-refractivity contribution >= 4 is 5.78 Å². The van der Waals surface area contributed by atoms with Gasteiger partial charge in [0.1, 0.15) is 11.6 Å². The van der Waals surface area contributed by atoms with Gasteiger partial charge >= 0.3 is 0 Å². The maximum atomic E-state index is 13.4. The first-order valence-corrected chi connectivity index (χ1v) is 5.45. The predicted molar refractivity (Wildman–Crippen MR) is 63.4 cm³/mol. The predicted octanol–water partition coefficient (Wildman–Crippen LogP) is 3.09. The molecule has 1 aromatic heterocycles. The maximum Gasteiger partial charge on any atom is 0.169 e. The maximum absolute atomic E-state index is 13.4. The molecule has 0 N–H and O–H groups in total. The molecule has 0 aliphatic rings. The van der Waals surface area contributed by atoms with E-state index in [9.17, 15) is 13.6 Å². The number of halogens is 2. The summed E-state index contributed by atoms with van der Waals surface area (Å²) in [6, 6.07) is 4.92. The number of aryl methyl sites for hydroxylation is 1. The molecule has 2 nitrogen and oxygen atoms in total. The van der Waals surface area contributed by atoms with Crippen LogP contribution in [0.2, 0.25) is 0 Å². The van der Waals surface area contributed by atoms with E-state index in [1.165, 1.54) is 12.3 Å². The van der Waals surface area contributed by atoms with E-state index in [2.05, 4.69) is 4.98 Å². The zero-order valence-corrected chi connectivity index (χ0v) is 9.78. The summed E-state index contributed by atoms with van der Waals surface area (Å²) in [5.74, 6) is -1.59. The number of nitrogens with zero attached hydrogens (tertiary/aromatic N) is 1. The van der Waals surface area contributed by atoms with Crippen LogP contribution in [0.5, 0.6) is 0 Å². The van der Waals surface area contributed by atoms with E-state index in [1.54, 1.807) is 19.2 Å². The van der Waals surface area contributed by atoms with Crippen LogP contribution >= 0.6 is 0 Å². The molecule has 0 radical (unpaired) electrons. The van der Waals surface area contributed by atoms with Crippen molar-refractivity contribution in [3.63, 3.8) is 0 Å². The third-order valence-corrected chi connectivity index (χ3v) is 2.71. The summed E-state index contributed by atoms with van der Waals surface area (Å²) < 4.78 is 26.2. The van der Waals surface area contributed by atoms with Gasteiger partial charge in [0.05, 0.1) is 0 Å². The fourth-order valence-electron chi connectivity index (χ4n) is 1.69. The standard InChI is InChI=1S/C14H11F2NO/c1-9-4-5-17-8-12(9)14(18)6-10-2-3-11(15)7-13(10)16/h2-5,7-8H,6H2,1H3. The fourth-order valence-corrected chi connectivity index (χ4v) is 1.69. The van der Waals surface area contributed by atoms with Crippen molar-refractivity contribution < 1.29 is 13.6 Å². The van der Waals surface area contributed by atoms with Crippen LogP contribution < -0.4 is 0 Å². The Bertz CT molecular complexity index is 596. The highest BCUT2D eigenvalue weighted by atomic mass is 19.1. The molecule has 0 unspecified atom stereocenters. The Morgan fingerprint density at radius 2 is 2.06 bits per heavy atom. The zero-order valence-electron chi connectivity index (χ0n) is 9.78. The Morgan fingerprint density at radius 3 is 2.72 bits per heavy atom. The van der Waals surface area contributed by atoms with E-state index in [-0.39, 0.29) is 17.8 Å². The van der Waals surface area contributed by atoms with E-state index in [0.717, 1.165) is 17.7 Å². The van der Waals surface area contributed by atoms with Crippen LogP contribution in [0.4, 0.5) is 8.78 Å². The van der Waals surface area contributed by atoms with Crippen molar-refractivity contribution in [2.45, 2.75) is 13.3 Å². The van der Waals surface area contributed by atoms with Crippen LogP contribution in [-0.2, 0) is 6.42 Å². The number of ketones is 1. The van der Waals surface area contributed by atoms with Gasteiger partial charge < -0.3 is 0 Å². The Kier molecular flexibility index (Phi) is 3.46. The topological polar surface area (TPSA) is 30.0 Å². The fraction of sp³-hybridized carbons (Fsp3) is 0.143. The number of aromatic nitrogens is 1. The molecule has 0 fully saturated rings. The molecule has 0 aliphatic heterocycles. The number of hydrogen-bond donors (Lipinski definition) is 0. The molecule has 0 bridgehead atoms. The number of rotatable bonds is 3. The van der Waals surface area contributed by atoms with Crippen molar-refractivity contribution in [3.8, 4) is 0 Å². The Morgan fingerprint density at radius 1 is 1.28 bits per heavy atom. The van der Waals surface area contributed by atoms with E-state index >= 15 is 0 Å². The lowest BCUT2D eigenvalue weighted by Crippen LogP contribution is -2.07. The first kappa shape index (κ1) is 12.4. The van der Waals surface area contributed by atoms with E-state index < -0.39 is 11.6 Å². The average molecular weight is 247 g/mol. The van der Waals surface area contributed by atoms with Gasteiger partial charge in [0, 0.05) is 30.4 Å². The summed E-state index contributed by atoms with van der Waals surface area (Å²) in [7, 11) is 0. The average Bonchev–Trinajstić information content (AvgIpc) is 2.33. The summed E-state index contributed by atoms with van der Waals surface area (Å²) in [6.45, 7) is 1.79. The van der Waals surface area contributed by atoms with E-state index in [1.807, 2.05) is 0 Å². The summed E-state index contributed by atoms with van der Waals surface area (Å²) in [5, 5.41) is 0. The van der Waals surface area contributed by atoms with Crippen LogP contribution in [0.25, 0.3) is 0 Å². The number of carbonyl (C=O) groups is 1. The van der Waals surface area contributed by atoms with Gasteiger partial charge in [-0.1, -0.05) is 6.07 Å². The lowest BCUT2D eigenvalue weighted by Gasteiger charge is -2.05. The molecule has 0 saturated heterocycles. The quantitative estimate of drug-likeness (QED) is 0.780. The monoisotopic (exact) mass is 247 g/mol. The summed E-state index contributed by atoms with van der Waals surface area (Å²) >= 11 is 0. The van der Waals surface area contributed by atoms with Crippen molar-refractivity contribution in [1.29, 1.82) is 0 Å². The molecule has 1 aromatic carbocycles. The van der Waals surface area contributed by atoms with Gasteiger partial charge in [0.15, 0.2) is 5.78 Å².